The van der Waals surface area contributed by atoms with E-state index in [1.165, 1.54) is 0 Å². The third-order valence-corrected chi connectivity index (χ3v) is 1.75. The molecule has 0 fully saturated rings. The van der Waals surface area contributed by atoms with Crippen molar-refractivity contribution in [3.05, 3.63) is 17.6 Å². The molecule has 4 heteroatoms. The van der Waals surface area contributed by atoms with Gasteiger partial charge in [0.2, 0.25) is 0 Å². The van der Waals surface area contributed by atoms with Crippen LogP contribution in [0.2, 0.25) is 0 Å². The zero-order valence-corrected chi connectivity index (χ0v) is 8.26. The number of alkyl halides is 1. The van der Waals surface area contributed by atoms with Crippen LogP contribution in [0.15, 0.2) is 6.07 Å². The zero-order chi connectivity index (χ0) is 9.14. The molecular formula is C8H12ClN3. The number of nitrogens with zero attached hydrogens (tertiary/aromatic N) is 3. The Hall–Kier alpha value is -0.830. The lowest BCUT2D eigenvalue weighted by Crippen LogP contribution is -2.12. The van der Waals surface area contributed by atoms with Gasteiger partial charge in [0.1, 0.15) is 11.6 Å². The third kappa shape index (κ3) is 2.08. The smallest absolute Gasteiger partial charge is 0.132 e. The van der Waals surface area contributed by atoms with E-state index in [1.54, 1.807) is 0 Å². The molecule has 0 N–H and O–H groups in total. The van der Waals surface area contributed by atoms with E-state index in [-0.39, 0.29) is 0 Å². The van der Waals surface area contributed by atoms with Gasteiger partial charge in [-0.1, -0.05) is 0 Å². The molecule has 0 saturated carbocycles. The summed E-state index contributed by atoms with van der Waals surface area (Å²) in [5.41, 5.74) is 0.868. The molecule has 66 valence electrons. The van der Waals surface area contributed by atoms with E-state index in [1.807, 2.05) is 32.0 Å². The molecule has 0 radical (unpaired) electrons. The standard InChI is InChI=1S/C8H12ClN3/c1-6-10-7(5-9)4-8(11-6)12(2)3/h4H,5H2,1-3H3. The Morgan fingerprint density at radius 2 is 2.08 bits per heavy atom. The molecule has 0 atom stereocenters. The Morgan fingerprint density at radius 1 is 1.42 bits per heavy atom. The molecule has 0 aliphatic carbocycles. The Bertz CT molecular complexity index is 273. The fraction of sp³-hybridized carbons (Fsp3) is 0.500. The van der Waals surface area contributed by atoms with E-state index in [9.17, 15) is 0 Å². The SMILES string of the molecule is Cc1nc(CCl)cc(N(C)C)n1. The number of hydrogen-bond acceptors (Lipinski definition) is 3. The van der Waals surface area contributed by atoms with E-state index in [2.05, 4.69) is 9.97 Å². The minimum Gasteiger partial charge on any atom is -0.363 e. The van der Waals surface area contributed by atoms with Crippen LogP contribution in [0, 0.1) is 6.92 Å². The summed E-state index contributed by atoms with van der Waals surface area (Å²) < 4.78 is 0. The fourth-order valence-electron chi connectivity index (χ4n) is 0.910. The average Bonchev–Trinajstić information content (AvgIpc) is 2.03. The van der Waals surface area contributed by atoms with Gasteiger partial charge in [-0.15, -0.1) is 11.6 Å². The van der Waals surface area contributed by atoms with Crippen molar-refractivity contribution < 1.29 is 0 Å². The van der Waals surface area contributed by atoms with Crippen molar-refractivity contribution in [3.8, 4) is 0 Å². The highest BCUT2D eigenvalue weighted by Crippen LogP contribution is 2.10. The van der Waals surface area contributed by atoms with E-state index in [0.29, 0.717) is 5.88 Å². The predicted octanol–water partition coefficient (Wildman–Crippen LogP) is 1.59. The molecule has 0 saturated heterocycles. The number of halogens is 1. The molecule has 1 aromatic heterocycles. The quantitative estimate of drug-likeness (QED) is 0.656. The van der Waals surface area contributed by atoms with Crippen LogP contribution in [-0.4, -0.2) is 24.1 Å². The number of rotatable bonds is 2. The van der Waals surface area contributed by atoms with Gasteiger partial charge in [0.25, 0.3) is 0 Å². The monoisotopic (exact) mass is 185 g/mol. The third-order valence-electron chi connectivity index (χ3n) is 1.47. The first-order valence-corrected chi connectivity index (χ1v) is 4.25. The summed E-state index contributed by atoms with van der Waals surface area (Å²) >= 11 is 5.67. The van der Waals surface area contributed by atoms with E-state index in [0.717, 1.165) is 17.3 Å². The van der Waals surface area contributed by atoms with Crippen molar-refractivity contribution in [2.45, 2.75) is 12.8 Å². The first-order valence-electron chi connectivity index (χ1n) is 3.71. The molecule has 1 heterocycles. The van der Waals surface area contributed by atoms with Gasteiger partial charge >= 0.3 is 0 Å². The topological polar surface area (TPSA) is 29.0 Å². The molecule has 3 nitrogen and oxygen atoms in total. The molecule has 1 rings (SSSR count). The van der Waals surface area contributed by atoms with Gasteiger partial charge in [-0.2, -0.15) is 0 Å². The lowest BCUT2D eigenvalue weighted by Gasteiger charge is -2.11. The first-order chi connectivity index (χ1) is 5.63. The highest BCUT2D eigenvalue weighted by atomic mass is 35.5. The van der Waals surface area contributed by atoms with E-state index >= 15 is 0 Å². The van der Waals surface area contributed by atoms with E-state index < -0.39 is 0 Å². The second-order valence-corrected chi connectivity index (χ2v) is 3.06. The predicted molar refractivity (Wildman–Crippen MR) is 50.7 cm³/mol. The molecule has 0 aliphatic rings. The summed E-state index contributed by atoms with van der Waals surface area (Å²) in [5.74, 6) is 2.10. The molecule has 1 aromatic rings. The first kappa shape index (κ1) is 9.26. The number of hydrogen-bond donors (Lipinski definition) is 0. The van der Waals surface area contributed by atoms with Crippen LogP contribution in [-0.2, 0) is 5.88 Å². The van der Waals surface area contributed by atoms with Crippen LogP contribution >= 0.6 is 11.6 Å². The summed E-state index contributed by atoms with van der Waals surface area (Å²) in [5, 5.41) is 0. The summed E-state index contributed by atoms with van der Waals surface area (Å²) in [7, 11) is 3.89. The zero-order valence-electron chi connectivity index (χ0n) is 7.50. The Balaban J connectivity index is 3.06. The van der Waals surface area contributed by atoms with E-state index in [4.69, 9.17) is 11.6 Å². The summed E-state index contributed by atoms with van der Waals surface area (Å²) in [6.07, 6.45) is 0. The van der Waals surface area contributed by atoms with Crippen LogP contribution in [0.4, 0.5) is 5.82 Å². The molecule has 0 aliphatic heterocycles. The van der Waals surface area contributed by atoms with Gasteiger partial charge in [-0.3, -0.25) is 0 Å². The normalized spacial score (nSPS) is 10.0. The number of aryl methyl sites for hydroxylation is 1. The lowest BCUT2D eigenvalue weighted by molar-refractivity contribution is 0.957. The maximum absolute atomic E-state index is 5.67. The van der Waals surface area contributed by atoms with Gasteiger partial charge in [-0.05, 0) is 6.92 Å². The summed E-state index contributed by atoms with van der Waals surface area (Å²) in [6.45, 7) is 1.86. The summed E-state index contributed by atoms with van der Waals surface area (Å²) in [4.78, 5) is 10.3. The Morgan fingerprint density at radius 3 is 2.58 bits per heavy atom. The van der Waals surface area contributed by atoms with Crippen molar-refractivity contribution >= 4 is 17.4 Å². The average molecular weight is 186 g/mol. The minimum atomic E-state index is 0.435. The molecule has 0 aromatic carbocycles. The van der Waals surface area contributed by atoms with Crippen molar-refractivity contribution in [1.82, 2.24) is 9.97 Å². The largest absolute Gasteiger partial charge is 0.363 e. The Labute approximate surface area is 77.4 Å². The van der Waals surface area contributed by atoms with Gasteiger partial charge in [0.05, 0.1) is 11.6 Å². The van der Waals surface area contributed by atoms with Crippen molar-refractivity contribution in [3.63, 3.8) is 0 Å². The van der Waals surface area contributed by atoms with Gasteiger partial charge in [0, 0.05) is 20.2 Å². The molecule has 12 heavy (non-hydrogen) atoms. The Kier molecular flexibility index (Phi) is 2.87. The second-order valence-electron chi connectivity index (χ2n) is 2.79. The van der Waals surface area contributed by atoms with Crippen LogP contribution in [0.3, 0.4) is 0 Å². The van der Waals surface area contributed by atoms with Crippen molar-refractivity contribution in [2.24, 2.45) is 0 Å². The van der Waals surface area contributed by atoms with Crippen molar-refractivity contribution in [1.29, 1.82) is 0 Å². The van der Waals surface area contributed by atoms with Crippen LogP contribution < -0.4 is 4.90 Å². The highest BCUT2D eigenvalue weighted by Gasteiger charge is 2.01. The maximum Gasteiger partial charge on any atom is 0.132 e. The molecule has 0 bridgehead atoms. The minimum absolute atomic E-state index is 0.435. The second kappa shape index (κ2) is 3.72. The van der Waals surface area contributed by atoms with Crippen LogP contribution in [0.5, 0.6) is 0 Å². The molecular weight excluding hydrogens is 174 g/mol. The molecule has 0 spiro atoms. The highest BCUT2D eigenvalue weighted by molar-refractivity contribution is 6.16. The lowest BCUT2D eigenvalue weighted by atomic mass is 10.4. The van der Waals surface area contributed by atoms with Crippen molar-refractivity contribution in [2.75, 3.05) is 19.0 Å². The fourth-order valence-corrected chi connectivity index (χ4v) is 1.05. The maximum atomic E-state index is 5.67. The summed E-state index contributed by atoms with van der Waals surface area (Å²) in [6, 6.07) is 1.89. The van der Waals surface area contributed by atoms with Crippen LogP contribution in [0.1, 0.15) is 11.5 Å². The molecule has 0 amide bonds. The van der Waals surface area contributed by atoms with Gasteiger partial charge < -0.3 is 4.90 Å². The van der Waals surface area contributed by atoms with Crippen LogP contribution in [0.25, 0.3) is 0 Å². The molecule has 0 unspecified atom stereocenters. The van der Waals surface area contributed by atoms with Gasteiger partial charge in [-0.25, -0.2) is 9.97 Å². The number of anilines is 1. The number of aromatic nitrogens is 2. The van der Waals surface area contributed by atoms with Gasteiger partial charge in [0.15, 0.2) is 0 Å².